The molecule has 3 rings (SSSR count). The second kappa shape index (κ2) is 7.63. The van der Waals surface area contributed by atoms with Gasteiger partial charge >= 0.3 is 6.03 Å². The third kappa shape index (κ3) is 4.13. The van der Waals surface area contributed by atoms with Gasteiger partial charge in [-0.2, -0.15) is 5.10 Å². The maximum atomic E-state index is 12.0. The number of nitrogens with zero attached hydrogens (tertiary/aromatic N) is 2. The highest BCUT2D eigenvalue weighted by molar-refractivity contribution is 5.87. The van der Waals surface area contributed by atoms with Crippen molar-refractivity contribution in [3.8, 4) is 5.69 Å². The number of amides is 3. The minimum Gasteiger partial charge on any atom is -0.354 e. The van der Waals surface area contributed by atoms with Crippen LogP contribution in [-0.4, -0.2) is 34.3 Å². The molecular weight excluding hydrogens is 306 g/mol. The Morgan fingerprint density at radius 2 is 2.12 bits per heavy atom. The third-order valence-electron chi connectivity index (χ3n) is 4.00. The number of urea groups is 1. The molecule has 0 radical (unpaired) electrons. The van der Waals surface area contributed by atoms with E-state index >= 15 is 0 Å². The van der Waals surface area contributed by atoms with Crippen LogP contribution in [0.4, 0.5) is 4.79 Å². The number of carbonyl (C=O) groups excluding carboxylic acids is 2. The fraction of sp³-hybridized carbons (Fsp3) is 0.353. The lowest BCUT2D eigenvalue weighted by atomic mass is 10.1. The van der Waals surface area contributed by atoms with Gasteiger partial charge in [0.15, 0.2) is 0 Å². The summed E-state index contributed by atoms with van der Waals surface area (Å²) in [5.74, 6) is -0.105. The topological polar surface area (TPSA) is 88.1 Å². The van der Waals surface area contributed by atoms with Crippen molar-refractivity contribution in [2.24, 2.45) is 0 Å². The predicted octanol–water partition coefficient (Wildman–Crippen LogP) is 1.34. The molecule has 3 amide bonds. The first-order valence-electron chi connectivity index (χ1n) is 8.13. The number of rotatable bonds is 4. The molecule has 2 heterocycles. The molecule has 1 aliphatic rings. The molecule has 2 aromatic rings. The summed E-state index contributed by atoms with van der Waals surface area (Å²) in [6, 6.07) is 8.86. The number of nitrogens with one attached hydrogen (secondary N) is 3. The van der Waals surface area contributed by atoms with Crippen LogP contribution < -0.4 is 16.0 Å². The minimum atomic E-state index is -0.449. The summed E-state index contributed by atoms with van der Waals surface area (Å²) in [5, 5.41) is 12.5. The van der Waals surface area contributed by atoms with Gasteiger partial charge in [-0.25, -0.2) is 9.48 Å². The van der Waals surface area contributed by atoms with Crippen LogP contribution in [0.2, 0.25) is 0 Å². The summed E-state index contributed by atoms with van der Waals surface area (Å²) >= 11 is 0. The Labute approximate surface area is 140 Å². The second-order valence-electron chi connectivity index (χ2n) is 5.78. The van der Waals surface area contributed by atoms with Crippen LogP contribution in [-0.2, 0) is 11.3 Å². The van der Waals surface area contributed by atoms with Crippen LogP contribution in [0.25, 0.3) is 5.69 Å². The molecule has 0 unspecified atom stereocenters. The fourth-order valence-corrected chi connectivity index (χ4v) is 2.66. The first-order valence-corrected chi connectivity index (χ1v) is 8.13. The van der Waals surface area contributed by atoms with E-state index in [0.717, 1.165) is 24.1 Å². The molecule has 1 aromatic carbocycles. The minimum absolute atomic E-state index is 0.105. The number of aromatic nitrogens is 2. The van der Waals surface area contributed by atoms with E-state index in [0.29, 0.717) is 19.5 Å². The van der Waals surface area contributed by atoms with Gasteiger partial charge in [-0.1, -0.05) is 12.1 Å². The van der Waals surface area contributed by atoms with E-state index in [1.165, 1.54) is 0 Å². The molecule has 7 heteroatoms. The van der Waals surface area contributed by atoms with Crippen LogP contribution in [0.1, 0.15) is 24.8 Å². The molecule has 1 saturated heterocycles. The van der Waals surface area contributed by atoms with Gasteiger partial charge in [0.2, 0.25) is 5.91 Å². The Morgan fingerprint density at radius 1 is 1.29 bits per heavy atom. The Kier molecular flexibility index (Phi) is 5.10. The monoisotopic (exact) mass is 327 g/mol. The Bertz CT molecular complexity index is 682. The zero-order valence-electron chi connectivity index (χ0n) is 13.4. The van der Waals surface area contributed by atoms with Crippen molar-refractivity contribution < 1.29 is 9.59 Å². The molecule has 1 aliphatic heterocycles. The van der Waals surface area contributed by atoms with Gasteiger partial charge in [0.25, 0.3) is 0 Å². The predicted molar refractivity (Wildman–Crippen MR) is 89.6 cm³/mol. The first kappa shape index (κ1) is 16.0. The van der Waals surface area contributed by atoms with Crippen LogP contribution in [0.15, 0.2) is 42.7 Å². The summed E-state index contributed by atoms with van der Waals surface area (Å²) < 4.78 is 1.77. The van der Waals surface area contributed by atoms with Gasteiger partial charge in [-0.3, -0.25) is 4.79 Å². The lowest BCUT2D eigenvalue weighted by Gasteiger charge is -2.15. The first-order chi connectivity index (χ1) is 11.7. The summed E-state index contributed by atoms with van der Waals surface area (Å²) in [4.78, 5) is 23.8. The average Bonchev–Trinajstić information content (AvgIpc) is 3.06. The summed E-state index contributed by atoms with van der Waals surface area (Å²) in [6.07, 6.45) is 6.16. The molecular formula is C17H21N5O2. The van der Waals surface area contributed by atoms with Gasteiger partial charge < -0.3 is 16.0 Å². The molecule has 0 bridgehead atoms. The lowest BCUT2D eigenvalue weighted by Crippen LogP contribution is -2.48. The molecule has 1 fully saturated rings. The molecule has 0 spiro atoms. The Balaban J connectivity index is 1.50. The van der Waals surface area contributed by atoms with E-state index in [1.54, 1.807) is 10.9 Å². The molecule has 126 valence electrons. The second-order valence-corrected chi connectivity index (χ2v) is 5.78. The van der Waals surface area contributed by atoms with Crippen molar-refractivity contribution in [2.75, 3.05) is 6.54 Å². The van der Waals surface area contributed by atoms with E-state index in [4.69, 9.17) is 0 Å². The highest BCUT2D eigenvalue weighted by atomic mass is 16.2. The van der Waals surface area contributed by atoms with Gasteiger partial charge in [0.1, 0.15) is 6.04 Å². The molecule has 3 N–H and O–H groups in total. The van der Waals surface area contributed by atoms with Crippen molar-refractivity contribution >= 4 is 11.9 Å². The highest BCUT2D eigenvalue weighted by Crippen LogP contribution is 2.09. The largest absolute Gasteiger partial charge is 0.354 e. The molecule has 1 atom stereocenters. The Hall–Kier alpha value is -2.83. The van der Waals surface area contributed by atoms with E-state index in [2.05, 4.69) is 21.0 Å². The van der Waals surface area contributed by atoms with Crippen molar-refractivity contribution in [1.82, 2.24) is 25.7 Å². The van der Waals surface area contributed by atoms with Crippen molar-refractivity contribution in [2.45, 2.75) is 31.8 Å². The summed E-state index contributed by atoms with van der Waals surface area (Å²) in [5.41, 5.74) is 1.94. The maximum Gasteiger partial charge on any atom is 0.315 e. The van der Waals surface area contributed by atoms with Crippen LogP contribution in [0, 0.1) is 0 Å². The number of benzene rings is 1. The lowest BCUT2D eigenvalue weighted by molar-refractivity contribution is -0.122. The molecule has 1 aromatic heterocycles. The zero-order chi connectivity index (χ0) is 16.8. The number of carbonyl (C=O) groups is 2. The van der Waals surface area contributed by atoms with E-state index in [9.17, 15) is 9.59 Å². The standard InChI is InChI=1S/C17H21N5O2/c23-16-15(4-1-2-9-18-16)21-17(24)19-12-13-5-7-14(8-6-13)22-11-3-10-20-22/h3,5-8,10-11,15H,1-2,4,9,12H2,(H,18,23)(H2,19,21,24)/t15-/m0/s1. The van der Waals surface area contributed by atoms with Gasteiger partial charge in [-0.05, 0) is 43.0 Å². The van der Waals surface area contributed by atoms with Gasteiger partial charge in [-0.15, -0.1) is 0 Å². The van der Waals surface area contributed by atoms with Crippen LogP contribution in [0.5, 0.6) is 0 Å². The molecule has 0 aliphatic carbocycles. The zero-order valence-corrected chi connectivity index (χ0v) is 13.4. The fourth-order valence-electron chi connectivity index (χ4n) is 2.66. The number of hydrogen-bond donors (Lipinski definition) is 3. The average molecular weight is 327 g/mol. The van der Waals surface area contributed by atoms with Crippen molar-refractivity contribution in [3.63, 3.8) is 0 Å². The summed E-state index contributed by atoms with van der Waals surface area (Å²) in [6.45, 7) is 1.08. The maximum absolute atomic E-state index is 12.0. The van der Waals surface area contributed by atoms with Gasteiger partial charge in [0.05, 0.1) is 5.69 Å². The quantitative estimate of drug-likeness (QED) is 0.792. The SMILES string of the molecule is O=C(NCc1ccc(-n2cccn2)cc1)N[C@H]1CCCCNC1=O. The highest BCUT2D eigenvalue weighted by Gasteiger charge is 2.21. The van der Waals surface area contributed by atoms with E-state index < -0.39 is 6.04 Å². The normalized spacial score (nSPS) is 17.7. The number of hydrogen-bond acceptors (Lipinski definition) is 3. The van der Waals surface area contributed by atoms with E-state index in [1.807, 2.05) is 36.5 Å². The van der Waals surface area contributed by atoms with Crippen molar-refractivity contribution in [3.05, 3.63) is 48.3 Å². The Morgan fingerprint density at radius 3 is 2.88 bits per heavy atom. The van der Waals surface area contributed by atoms with Crippen LogP contribution >= 0.6 is 0 Å². The van der Waals surface area contributed by atoms with Crippen molar-refractivity contribution in [1.29, 1.82) is 0 Å². The molecule has 7 nitrogen and oxygen atoms in total. The third-order valence-corrected chi connectivity index (χ3v) is 4.00. The molecule has 0 saturated carbocycles. The van der Waals surface area contributed by atoms with Gasteiger partial charge in [0, 0.05) is 25.5 Å². The smallest absolute Gasteiger partial charge is 0.315 e. The van der Waals surface area contributed by atoms with E-state index in [-0.39, 0.29) is 11.9 Å². The van der Waals surface area contributed by atoms with Crippen LogP contribution in [0.3, 0.4) is 0 Å². The molecule has 24 heavy (non-hydrogen) atoms. The summed E-state index contributed by atoms with van der Waals surface area (Å²) in [7, 11) is 0.